The molecule has 4 aromatic rings. The quantitative estimate of drug-likeness (QED) is 0.286. The van der Waals surface area contributed by atoms with Crippen LogP contribution in [0.5, 0.6) is 0 Å². The summed E-state index contributed by atoms with van der Waals surface area (Å²) in [5.41, 5.74) is 4.29. The lowest BCUT2D eigenvalue weighted by atomic mass is 10.1. The first-order chi connectivity index (χ1) is 16.9. The van der Waals surface area contributed by atoms with E-state index in [2.05, 4.69) is 10.6 Å². The van der Waals surface area contributed by atoms with Gasteiger partial charge in [0, 0.05) is 28.4 Å². The van der Waals surface area contributed by atoms with Gasteiger partial charge in [-0.1, -0.05) is 60.7 Å². The van der Waals surface area contributed by atoms with E-state index in [-0.39, 0.29) is 24.1 Å². The van der Waals surface area contributed by atoms with Crippen molar-refractivity contribution in [3.8, 4) is 6.07 Å². The van der Waals surface area contributed by atoms with Crippen LogP contribution < -0.4 is 10.6 Å². The van der Waals surface area contributed by atoms with Crippen LogP contribution in [0.4, 0.5) is 5.69 Å². The molecule has 6 nitrogen and oxygen atoms in total. The van der Waals surface area contributed by atoms with E-state index < -0.39 is 5.91 Å². The minimum Gasteiger partial charge on any atom is -0.345 e. The lowest BCUT2D eigenvalue weighted by Crippen LogP contribution is -2.27. The van der Waals surface area contributed by atoms with E-state index >= 15 is 0 Å². The van der Waals surface area contributed by atoms with Crippen molar-refractivity contribution in [3.05, 3.63) is 107 Å². The van der Waals surface area contributed by atoms with E-state index in [1.165, 1.54) is 0 Å². The standard InChI is InChI=1S/C29H26N4O2/c1-20-9-8-12-25(15-20)32-28(34)19-33-18-24(26-13-6-7-14-27(26)33)16-23(17-30)29(35)31-21(2)22-10-4-3-5-11-22/h3-16,18,21H,19H2,1-2H3,(H,31,35)(H,32,34)/b23-16-/t21-/m0/s1. The smallest absolute Gasteiger partial charge is 0.262 e. The fourth-order valence-corrected chi connectivity index (χ4v) is 4.00. The molecule has 4 rings (SSSR count). The Morgan fingerprint density at radius 1 is 1.03 bits per heavy atom. The lowest BCUT2D eigenvalue weighted by Gasteiger charge is -2.13. The van der Waals surface area contributed by atoms with Crippen LogP contribution in [-0.4, -0.2) is 16.4 Å². The summed E-state index contributed by atoms with van der Waals surface area (Å²) in [6.45, 7) is 3.94. The summed E-state index contributed by atoms with van der Waals surface area (Å²) in [7, 11) is 0. The molecule has 1 aromatic heterocycles. The molecule has 0 unspecified atom stereocenters. The first-order valence-electron chi connectivity index (χ1n) is 11.4. The summed E-state index contributed by atoms with van der Waals surface area (Å²) in [6.07, 6.45) is 3.37. The number of carbonyl (C=O) groups excluding carboxylic acids is 2. The molecule has 6 heteroatoms. The van der Waals surface area contributed by atoms with Gasteiger partial charge in [-0.2, -0.15) is 5.26 Å². The Bertz CT molecular complexity index is 1440. The number of nitriles is 1. The van der Waals surface area contributed by atoms with Crippen molar-refractivity contribution in [1.82, 2.24) is 9.88 Å². The van der Waals surface area contributed by atoms with Crippen LogP contribution in [0.3, 0.4) is 0 Å². The number of rotatable bonds is 7. The number of anilines is 1. The third-order valence-electron chi connectivity index (χ3n) is 5.75. The average molecular weight is 463 g/mol. The molecule has 35 heavy (non-hydrogen) atoms. The van der Waals surface area contributed by atoms with Gasteiger partial charge in [-0.05, 0) is 49.2 Å². The van der Waals surface area contributed by atoms with Crippen molar-refractivity contribution in [2.45, 2.75) is 26.4 Å². The van der Waals surface area contributed by atoms with E-state index in [1.807, 2.05) is 103 Å². The molecule has 0 fully saturated rings. The number of nitrogens with one attached hydrogen (secondary N) is 2. The Balaban J connectivity index is 1.57. The summed E-state index contributed by atoms with van der Waals surface area (Å²) in [4.78, 5) is 25.6. The van der Waals surface area contributed by atoms with Crippen molar-refractivity contribution in [2.24, 2.45) is 0 Å². The Labute approximate surface area is 204 Å². The lowest BCUT2D eigenvalue weighted by molar-refractivity contribution is -0.118. The van der Waals surface area contributed by atoms with Gasteiger partial charge in [0.1, 0.15) is 18.2 Å². The number of aromatic nitrogens is 1. The van der Waals surface area contributed by atoms with Crippen LogP contribution in [0.15, 0.2) is 90.6 Å². The number of amides is 2. The van der Waals surface area contributed by atoms with E-state index in [4.69, 9.17) is 0 Å². The summed E-state index contributed by atoms with van der Waals surface area (Å²) < 4.78 is 1.83. The van der Waals surface area contributed by atoms with Crippen LogP contribution >= 0.6 is 0 Å². The normalized spacial score (nSPS) is 12.1. The number of benzene rings is 3. The van der Waals surface area contributed by atoms with Gasteiger partial charge in [0.15, 0.2) is 0 Å². The number of hydrogen-bond acceptors (Lipinski definition) is 3. The second-order valence-electron chi connectivity index (χ2n) is 8.42. The molecule has 0 aliphatic carbocycles. The average Bonchev–Trinajstić information content (AvgIpc) is 3.19. The van der Waals surface area contributed by atoms with Crippen molar-refractivity contribution >= 4 is 34.5 Å². The minimum atomic E-state index is -0.446. The number of hydrogen-bond donors (Lipinski definition) is 2. The van der Waals surface area contributed by atoms with Gasteiger partial charge in [-0.25, -0.2) is 0 Å². The van der Waals surface area contributed by atoms with Crippen LogP contribution in [-0.2, 0) is 16.1 Å². The van der Waals surface area contributed by atoms with Gasteiger partial charge < -0.3 is 15.2 Å². The highest BCUT2D eigenvalue weighted by Crippen LogP contribution is 2.24. The summed E-state index contributed by atoms with van der Waals surface area (Å²) >= 11 is 0. The highest BCUT2D eigenvalue weighted by Gasteiger charge is 2.16. The van der Waals surface area contributed by atoms with Crippen molar-refractivity contribution < 1.29 is 9.59 Å². The molecule has 0 radical (unpaired) electrons. The molecular weight excluding hydrogens is 436 g/mol. The van der Waals surface area contributed by atoms with Gasteiger partial charge in [0.25, 0.3) is 5.91 Å². The second kappa shape index (κ2) is 10.5. The van der Waals surface area contributed by atoms with Gasteiger partial charge in [-0.15, -0.1) is 0 Å². The Morgan fingerprint density at radius 3 is 2.51 bits per heavy atom. The summed E-state index contributed by atoms with van der Waals surface area (Å²) in [6, 6.07) is 26.6. The zero-order valence-corrected chi connectivity index (χ0v) is 19.7. The molecule has 0 spiro atoms. The maximum atomic E-state index is 12.8. The Morgan fingerprint density at radius 2 is 1.77 bits per heavy atom. The van der Waals surface area contributed by atoms with Crippen LogP contribution in [0.2, 0.25) is 0 Å². The molecule has 0 aliphatic heterocycles. The maximum absolute atomic E-state index is 12.8. The highest BCUT2D eigenvalue weighted by molar-refractivity contribution is 6.04. The van der Waals surface area contributed by atoms with Crippen molar-refractivity contribution in [3.63, 3.8) is 0 Å². The molecule has 0 aliphatic rings. The fraction of sp³-hybridized carbons (Fsp3) is 0.138. The van der Waals surface area contributed by atoms with Gasteiger partial charge in [0.2, 0.25) is 5.91 Å². The van der Waals surface area contributed by atoms with Crippen molar-refractivity contribution in [2.75, 3.05) is 5.32 Å². The van der Waals surface area contributed by atoms with E-state index in [0.717, 1.165) is 27.7 Å². The number of fused-ring (bicyclic) bond motifs is 1. The van der Waals surface area contributed by atoms with Crippen LogP contribution in [0.25, 0.3) is 17.0 Å². The Hall–Kier alpha value is -4.63. The van der Waals surface area contributed by atoms with Gasteiger partial charge >= 0.3 is 0 Å². The second-order valence-corrected chi connectivity index (χ2v) is 8.42. The third kappa shape index (κ3) is 5.66. The molecule has 0 bridgehead atoms. The number of para-hydroxylation sites is 1. The summed E-state index contributed by atoms with van der Waals surface area (Å²) in [5.74, 6) is -0.611. The topological polar surface area (TPSA) is 86.9 Å². The van der Waals surface area contributed by atoms with Crippen LogP contribution in [0.1, 0.15) is 29.7 Å². The largest absolute Gasteiger partial charge is 0.345 e. The molecule has 2 N–H and O–H groups in total. The predicted octanol–water partition coefficient (Wildman–Crippen LogP) is 5.37. The van der Waals surface area contributed by atoms with Crippen LogP contribution in [0, 0.1) is 18.3 Å². The molecule has 1 heterocycles. The summed E-state index contributed by atoms with van der Waals surface area (Å²) in [5, 5.41) is 16.4. The number of nitrogens with zero attached hydrogens (tertiary/aromatic N) is 2. The molecule has 0 saturated carbocycles. The maximum Gasteiger partial charge on any atom is 0.262 e. The van der Waals surface area contributed by atoms with E-state index in [9.17, 15) is 14.9 Å². The highest BCUT2D eigenvalue weighted by atomic mass is 16.2. The number of carbonyl (C=O) groups is 2. The SMILES string of the molecule is Cc1cccc(NC(=O)Cn2cc(/C=C(/C#N)C(=O)N[C@@H](C)c3ccccc3)c3ccccc32)c1. The number of aryl methyl sites for hydroxylation is 1. The molecular formula is C29H26N4O2. The Kier molecular flexibility index (Phi) is 7.08. The fourth-order valence-electron chi connectivity index (χ4n) is 4.00. The zero-order valence-electron chi connectivity index (χ0n) is 19.7. The zero-order chi connectivity index (χ0) is 24.8. The molecule has 174 valence electrons. The first kappa shape index (κ1) is 23.5. The molecule has 1 atom stereocenters. The molecule has 0 saturated heterocycles. The van der Waals surface area contributed by atoms with E-state index in [0.29, 0.717) is 5.56 Å². The molecule has 3 aromatic carbocycles. The van der Waals surface area contributed by atoms with Gasteiger partial charge in [0.05, 0.1) is 6.04 Å². The van der Waals surface area contributed by atoms with Crippen molar-refractivity contribution in [1.29, 1.82) is 5.26 Å². The first-order valence-corrected chi connectivity index (χ1v) is 11.4. The molecule has 2 amide bonds. The minimum absolute atomic E-state index is 0.0000959. The predicted molar refractivity (Wildman–Crippen MR) is 138 cm³/mol. The monoisotopic (exact) mass is 462 g/mol. The van der Waals surface area contributed by atoms with E-state index in [1.54, 1.807) is 12.3 Å². The third-order valence-corrected chi connectivity index (χ3v) is 5.75. The van der Waals surface area contributed by atoms with Gasteiger partial charge in [-0.3, -0.25) is 9.59 Å².